The van der Waals surface area contributed by atoms with Gasteiger partial charge in [0.2, 0.25) is 3.79 Å². The number of carbonyl (C=O) groups is 1. The molecule has 0 radical (unpaired) electrons. The van der Waals surface area contributed by atoms with Gasteiger partial charge >= 0.3 is 6.16 Å². The normalized spacial score (nSPS) is 13.0. The number of aliphatic hydroxyl groups is 1. The van der Waals surface area contributed by atoms with E-state index in [4.69, 9.17) is 56.6 Å². The van der Waals surface area contributed by atoms with E-state index >= 15 is 0 Å². The van der Waals surface area contributed by atoms with Gasteiger partial charge in [0.1, 0.15) is 0 Å². The predicted octanol–water partition coefficient (Wildman–Crippen LogP) is 5.22. The molecule has 4 nitrogen and oxygen atoms in total. The van der Waals surface area contributed by atoms with Gasteiger partial charge in [-0.3, -0.25) is 0 Å². The summed E-state index contributed by atoms with van der Waals surface area (Å²) in [4.78, 5) is 10.1. The summed E-state index contributed by atoms with van der Waals surface area (Å²) in [5.74, 6) is 0. The highest BCUT2D eigenvalue weighted by atomic mass is 35.6. The van der Waals surface area contributed by atoms with Crippen LogP contribution >= 0.6 is 46.4 Å². The van der Waals surface area contributed by atoms with Crippen LogP contribution < -0.4 is 0 Å². The number of hydrogen-bond acceptors (Lipinski definition) is 3. The first kappa shape index (κ1) is 20.6. The van der Waals surface area contributed by atoms with Crippen LogP contribution in [0.5, 0.6) is 0 Å². The van der Waals surface area contributed by atoms with Gasteiger partial charge in [-0.15, -0.1) is 0 Å². The average molecular weight is 378 g/mol. The molecule has 1 rings (SSSR count). The average Bonchev–Trinajstić information content (AvgIpc) is 2.27. The maximum Gasteiger partial charge on any atom is 0.506 e. The van der Waals surface area contributed by atoms with E-state index in [-0.39, 0.29) is 0 Å². The number of ether oxygens (including phenoxy) is 1. The maximum atomic E-state index is 10.1. The molecule has 0 fully saturated rings. The molecule has 0 spiro atoms. The van der Waals surface area contributed by atoms with E-state index in [0.29, 0.717) is 5.02 Å². The molecule has 0 amide bonds. The molecule has 1 atom stereocenters. The highest BCUT2D eigenvalue weighted by molar-refractivity contribution is 6.68. The minimum Gasteiger partial charge on any atom is -0.450 e. The van der Waals surface area contributed by atoms with Crippen molar-refractivity contribution < 1.29 is 19.7 Å². The van der Waals surface area contributed by atoms with Crippen molar-refractivity contribution in [2.75, 3.05) is 0 Å². The minimum absolute atomic E-state index is 0.405. The van der Waals surface area contributed by atoms with Gasteiger partial charge in [0.05, 0.1) is 6.10 Å². The van der Waals surface area contributed by atoms with Crippen molar-refractivity contribution in [1.29, 1.82) is 0 Å². The van der Waals surface area contributed by atoms with Crippen LogP contribution in [-0.4, -0.2) is 25.8 Å². The van der Waals surface area contributed by atoms with E-state index in [1.807, 2.05) is 12.1 Å². The zero-order chi connectivity index (χ0) is 16.8. The second-order valence-electron chi connectivity index (χ2n) is 4.60. The molecular formula is C13H16Cl4O4. The molecule has 1 aromatic rings. The van der Waals surface area contributed by atoms with Crippen molar-refractivity contribution in [2.45, 2.75) is 36.3 Å². The molecule has 1 unspecified atom stereocenters. The zero-order valence-corrected chi connectivity index (χ0v) is 14.6. The van der Waals surface area contributed by atoms with Crippen molar-refractivity contribution in [2.24, 2.45) is 0 Å². The van der Waals surface area contributed by atoms with Crippen LogP contribution in [0.15, 0.2) is 24.3 Å². The SMILES string of the molecule is CC(C)(OC(=O)O)C(Cl)(Cl)Cl.CC(O)c1ccc(Cl)cc1. The van der Waals surface area contributed by atoms with E-state index in [1.165, 1.54) is 13.8 Å². The molecule has 21 heavy (non-hydrogen) atoms. The third-order valence-corrected chi connectivity index (χ3v) is 3.99. The maximum absolute atomic E-state index is 10.1. The number of alkyl halides is 3. The Morgan fingerprint density at radius 2 is 1.62 bits per heavy atom. The number of benzene rings is 1. The monoisotopic (exact) mass is 376 g/mol. The van der Waals surface area contributed by atoms with Gasteiger partial charge in [-0.25, -0.2) is 4.79 Å². The van der Waals surface area contributed by atoms with Gasteiger partial charge < -0.3 is 14.9 Å². The molecule has 0 aliphatic carbocycles. The summed E-state index contributed by atoms with van der Waals surface area (Å²) < 4.78 is 2.56. The second kappa shape index (κ2) is 8.30. The smallest absolute Gasteiger partial charge is 0.450 e. The fraction of sp³-hybridized carbons (Fsp3) is 0.462. The lowest BCUT2D eigenvalue weighted by Crippen LogP contribution is -2.40. The first-order valence-electron chi connectivity index (χ1n) is 5.79. The van der Waals surface area contributed by atoms with Crippen molar-refractivity contribution in [1.82, 2.24) is 0 Å². The Morgan fingerprint density at radius 1 is 1.19 bits per heavy atom. The van der Waals surface area contributed by atoms with Crippen LogP contribution in [-0.2, 0) is 4.74 Å². The van der Waals surface area contributed by atoms with Gasteiger partial charge in [0.15, 0.2) is 5.60 Å². The van der Waals surface area contributed by atoms with E-state index < -0.39 is 21.7 Å². The Labute approximate surface area is 143 Å². The van der Waals surface area contributed by atoms with Crippen LogP contribution in [0.1, 0.15) is 32.4 Å². The van der Waals surface area contributed by atoms with Gasteiger partial charge in [0.25, 0.3) is 0 Å². The van der Waals surface area contributed by atoms with Gasteiger partial charge in [-0.05, 0) is 38.5 Å². The summed E-state index contributed by atoms with van der Waals surface area (Å²) in [6, 6.07) is 7.16. The fourth-order valence-corrected chi connectivity index (χ4v) is 1.26. The van der Waals surface area contributed by atoms with Gasteiger partial charge in [-0.2, -0.15) is 0 Å². The van der Waals surface area contributed by atoms with E-state index in [2.05, 4.69) is 4.74 Å². The van der Waals surface area contributed by atoms with Crippen LogP contribution in [0.4, 0.5) is 4.79 Å². The summed E-state index contributed by atoms with van der Waals surface area (Å²) in [7, 11) is 0. The highest BCUT2D eigenvalue weighted by Gasteiger charge is 2.44. The molecule has 8 heteroatoms. The fourth-order valence-electron chi connectivity index (χ4n) is 1.02. The number of carboxylic acid groups (broad SMARTS) is 1. The third-order valence-electron chi connectivity index (χ3n) is 2.38. The standard InChI is InChI=1S/C8H9ClO.C5H7Cl3O3/c1-6(10)7-2-4-8(9)5-3-7;1-4(2,5(6,7)8)11-3(9)10/h2-6,10H,1H3;1-2H3,(H,9,10). The molecule has 0 aliphatic rings. The molecule has 1 aromatic carbocycles. The molecule has 120 valence electrons. The Balaban J connectivity index is 0.000000382. The Hall–Kier alpha value is -0.390. The van der Waals surface area contributed by atoms with Crippen LogP contribution in [0.2, 0.25) is 5.02 Å². The van der Waals surface area contributed by atoms with Crippen molar-refractivity contribution >= 4 is 52.6 Å². The molecule has 0 saturated heterocycles. The Bertz CT molecular complexity index is 452. The summed E-state index contributed by atoms with van der Waals surface area (Å²) in [6.45, 7) is 4.46. The van der Waals surface area contributed by atoms with Crippen molar-refractivity contribution in [3.63, 3.8) is 0 Å². The van der Waals surface area contributed by atoms with Crippen LogP contribution in [0.25, 0.3) is 0 Å². The van der Waals surface area contributed by atoms with Crippen LogP contribution in [0, 0.1) is 0 Å². The predicted molar refractivity (Wildman–Crippen MR) is 85.6 cm³/mol. The lowest BCUT2D eigenvalue weighted by molar-refractivity contribution is 0.00613. The summed E-state index contributed by atoms with van der Waals surface area (Å²) in [5, 5.41) is 18.0. The lowest BCUT2D eigenvalue weighted by Gasteiger charge is -2.30. The van der Waals surface area contributed by atoms with E-state index in [1.54, 1.807) is 19.1 Å². The van der Waals surface area contributed by atoms with Gasteiger partial charge in [-0.1, -0.05) is 58.5 Å². The summed E-state index contributed by atoms with van der Waals surface area (Å²) >= 11 is 21.9. The Morgan fingerprint density at radius 3 is 1.86 bits per heavy atom. The van der Waals surface area contributed by atoms with E-state index in [0.717, 1.165) is 5.56 Å². The second-order valence-corrected chi connectivity index (χ2v) is 7.32. The molecule has 0 heterocycles. The quantitative estimate of drug-likeness (QED) is 0.547. The first-order chi connectivity index (χ1) is 9.36. The molecule has 0 saturated carbocycles. The highest BCUT2D eigenvalue weighted by Crippen LogP contribution is 2.40. The largest absolute Gasteiger partial charge is 0.506 e. The van der Waals surface area contributed by atoms with Crippen molar-refractivity contribution in [3.05, 3.63) is 34.9 Å². The van der Waals surface area contributed by atoms with E-state index in [9.17, 15) is 4.79 Å². The topological polar surface area (TPSA) is 66.8 Å². The molecule has 0 aliphatic heterocycles. The summed E-state index contributed by atoms with van der Waals surface area (Å²) in [5.41, 5.74) is -0.451. The number of rotatable bonds is 2. The summed E-state index contributed by atoms with van der Waals surface area (Å²) in [6.07, 6.45) is -1.88. The zero-order valence-electron chi connectivity index (χ0n) is 11.6. The molecular weight excluding hydrogens is 362 g/mol. The third kappa shape index (κ3) is 7.98. The minimum atomic E-state index is -1.76. The number of aliphatic hydroxyl groups excluding tert-OH is 1. The van der Waals surface area contributed by atoms with Crippen molar-refractivity contribution in [3.8, 4) is 0 Å². The lowest BCUT2D eigenvalue weighted by atomic mass is 10.1. The first-order valence-corrected chi connectivity index (χ1v) is 7.30. The number of halogens is 4. The Kier molecular flexibility index (Phi) is 8.14. The van der Waals surface area contributed by atoms with Gasteiger partial charge in [0, 0.05) is 5.02 Å². The molecule has 0 bridgehead atoms. The molecule has 0 aromatic heterocycles. The molecule has 2 N–H and O–H groups in total. The van der Waals surface area contributed by atoms with Crippen LogP contribution in [0.3, 0.4) is 0 Å². The number of hydrogen-bond donors (Lipinski definition) is 2.